The van der Waals surface area contributed by atoms with Crippen molar-refractivity contribution < 1.29 is 4.39 Å². The van der Waals surface area contributed by atoms with Crippen molar-refractivity contribution in [3.8, 4) is 6.07 Å². The van der Waals surface area contributed by atoms with Gasteiger partial charge in [-0.2, -0.15) is 5.26 Å². The lowest BCUT2D eigenvalue weighted by molar-refractivity contribution is 0.332. The van der Waals surface area contributed by atoms with E-state index < -0.39 is 12.1 Å². The second-order valence-corrected chi connectivity index (χ2v) is 1.48. The lowest BCUT2D eigenvalue weighted by Gasteiger charge is -2.13. The van der Waals surface area contributed by atoms with Gasteiger partial charge in [-0.3, -0.25) is 0 Å². The van der Waals surface area contributed by atoms with Gasteiger partial charge in [0, 0.05) is 0 Å². The average molecular weight is 97.1 g/mol. The van der Waals surface area contributed by atoms with Gasteiger partial charge in [0.25, 0.3) is 0 Å². The summed E-state index contributed by atoms with van der Waals surface area (Å²) in [4.78, 5) is 0. The maximum atomic E-state index is 11.9. The van der Waals surface area contributed by atoms with Crippen molar-refractivity contribution in [3.05, 3.63) is 12.2 Å². The minimum Gasteiger partial charge on any atom is -0.241 e. The second-order valence-electron chi connectivity index (χ2n) is 1.48. The van der Waals surface area contributed by atoms with E-state index in [2.05, 4.69) is 0 Å². The van der Waals surface area contributed by atoms with Gasteiger partial charge in [0.05, 0.1) is 12.0 Å². The summed E-state index contributed by atoms with van der Waals surface area (Å²) in [5.74, 6) is -0.458. The Hall–Kier alpha value is -0.840. The highest BCUT2D eigenvalue weighted by atomic mass is 19.1. The van der Waals surface area contributed by atoms with E-state index in [0.29, 0.717) is 0 Å². The average Bonchev–Trinajstić information content (AvgIpc) is 1.65. The number of nitriles is 1. The van der Waals surface area contributed by atoms with Crippen LogP contribution in [0.5, 0.6) is 0 Å². The topological polar surface area (TPSA) is 23.8 Å². The Morgan fingerprint density at radius 3 is 2.29 bits per heavy atom. The Morgan fingerprint density at radius 2 is 2.29 bits per heavy atom. The zero-order chi connectivity index (χ0) is 5.28. The maximum Gasteiger partial charge on any atom is 0.138 e. The van der Waals surface area contributed by atoms with Gasteiger partial charge in [-0.1, -0.05) is 12.2 Å². The first kappa shape index (κ1) is 4.32. The Bertz CT molecular complexity index is 134. The zero-order valence-corrected chi connectivity index (χ0v) is 3.63. The van der Waals surface area contributed by atoms with Crippen LogP contribution in [0, 0.1) is 17.2 Å². The Balaban J connectivity index is 2.53. The number of nitrogens with zero attached hydrogens (tertiary/aromatic N) is 1. The van der Waals surface area contributed by atoms with Gasteiger partial charge < -0.3 is 0 Å². The van der Waals surface area contributed by atoms with Crippen LogP contribution >= 0.6 is 0 Å². The fourth-order valence-electron chi connectivity index (χ4n) is 0.420. The molecule has 0 radical (unpaired) electrons. The molecule has 1 aliphatic rings. The summed E-state index contributed by atoms with van der Waals surface area (Å²) in [5.41, 5.74) is 0. The lowest BCUT2D eigenvalue weighted by Crippen LogP contribution is -2.16. The minimum atomic E-state index is -0.995. The summed E-state index contributed by atoms with van der Waals surface area (Å²) in [6.45, 7) is 0. The smallest absolute Gasteiger partial charge is 0.138 e. The molecule has 0 saturated heterocycles. The van der Waals surface area contributed by atoms with Crippen molar-refractivity contribution in [2.45, 2.75) is 6.17 Å². The molecule has 1 rings (SSSR count). The van der Waals surface area contributed by atoms with E-state index in [0.717, 1.165) is 0 Å². The fraction of sp³-hybridized carbons (Fsp3) is 0.400. The number of hydrogen-bond donors (Lipinski definition) is 0. The molecule has 1 aliphatic carbocycles. The van der Waals surface area contributed by atoms with Crippen LogP contribution in [-0.2, 0) is 0 Å². The van der Waals surface area contributed by atoms with Gasteiger partial charge in [0.15, 0.2) is 0 Å². The van der Waals surface area contributed by atoms with E-state index in [9.17, 15) is 4.39 Å². The molecule has 7 heavy (non-hydrogen) atoms. The van der Waals surface area contributed by atoms with E-state index >= 15 is 0 Å². The molecule has 0 amide bonds. The van der Waals surface area contributed by atoms with Crippen LogP contribution in [-0.4, -0.2) is 6.17 Å². The van der Waals surface area contributed by atoms with Crippen molar-refractivity contribution in [2.24, 2.45) is 5.92 Å². The first-order valence-corrected chi connectivity index (χ1v) is 2.06. The van der Waals surface area contributed by atoms with Crippen LogP contribution in [0.3, 0.4) is 0 Å². The molecule has 0 aliphatic heterocycles. The van der Waals surface area contributed by atoms with Crippen molar-refractivity contribution in [3.63, 3.8) is 0 Å². The van der Waals surface area contributed by atoms with Crippen LogP contribution in [0.25, 0.3) is 0 Å². The first-order chi connectivity index (χ1) is 3.34. The number of alkyl halides is 1. The third-order valence-corrected chi connectivity index (χ3v) is 0.994. The quantitative estimate of drug-likeness (QED) is 0.414. The van der Waals surface area contributed by atoms with Crippen molar-refractivity contribution >= 4 is 0 Å². The maximum absolute atomic E-state index is 11.9. The van der Waals surface area contributed by atoms with Gasteiger partial charge >= 0.3 is 0 Å². The molecular weight excluding hydrogens is 93.1 g/mol. The van der Waals surface area contributed by atoms with Gasteiger partial charge in [0.1, 0.15) is 6.17 Å². The van der Waals surface area contributed by atoms with Gasteiger partial charge in [-0.05, 0) is 0 Å². The molecule has 0 fully saturated rings. The predicted molar refractivity (Wildman–Crippen MR) is 23.1 cm³/mol. The van der Waals surface area contributed by atoms with Crippen molar-refractivity contribution in [1.29, 1.82) is 5.26 Å². The molecule has 0 N–H and O–H groups in total. The lowest BCUT2D eigenvalue weighted by atomic mass is 9.95. The second kappa shape index (κ2) is 1.34. The summed E-state index contributed by atoms with van der Waals surface area (Å²) in [5, 5.41) is 8.02. The molecule has 0 spiro atoms. The molecule has 1 nitrogen and oxygen atoms in total. The number of rotatable bonds is 0. The minimum absolute atomic E-state index is 0.458. The SMILES string of the molecule is N#CC1C=CC1F. The van der Waals surface area contributed by atoms with Crippen molar-refractivity contribution in [1.82, 2.24) is 0 Å². The Morgan fingerprint density at radius 1 is 1.57 bits per heavy atom. The van der Waals surface area contributed by atoms with Crippen LogP contribution in [0.15, 0.2) is 12.2 Å². The third-order valence-electron chi connectivity index (χ3n) is 0.994. The molecule has 36 valence electrons. The van der Waals surface area contributed by atoms with E-state index in [1.54, 1.807) is 12.1 Å². The molecular formula is C5H4FN. The molecule has 0 heterocycles. The Labute approximate surface area is 41.1 Å². The van der Waals surface area contributed by atoms with Gasteiger partial charge in [0.2, 0.25) is 0 Å². The molecule has 0 bridgehead atoms. The molecule has 2 atom stereocenters. The van der Waals surface area contributed by atoms with E-state index in [1.807, 2.05) is 0 Å². The van der Waals surface area contributed by atoms with Crippen LogP contribution in [0.4, 0.5) is 4.39 Å². The van der Waals surface area contributed by atoms with E-state index in [1.165, 1.54) is 6.08 Å². The summed E-state index contributed by atoms with van der Waals surface area (Å²) in [7, 11) is 0. The van der Waals surface area contributed by atoms with Crippen molar-refractivity contribution in [2.75, 3.05) is 0 Å². The summed E-state index contributed by atoms with van der Waals surface area (Å²) >= 11 is 0. The number of halogens is 1. The van der Waals surface area contributed by atoms with Gasteiger partial charge in [-0.15, -0.1) is 0 Å². The molecule has 2 heteroatoms. The standard InChI is InChI=1S/C5H4FN/c6-5-2-1-4(5)3-7/h1-2,4-5H. The first-order valence-electron chi connectivity index (χ1n) is 2.06. The highest BCUT2D eigenvalue weighted by Crippen LogP contribution is 2.19. The highest BCUT2D eigenvalue weighted by molar-refractivity contribution is 5.18. The summed E-state index contributed by atoms with van der Waals surface area (Å²) < 4.78 is 11.9. The van der Waals surface area contributed by atoms with Crippen LogP contribution < -0.4 is 0 Å². The van der Waals surface area contributed by atoms with Gasteiger partial charge in [-0.25, -0.2) is 4.39 Å². The fourth-order valence-corrected chi connectivity index (χ4v) is 0.420. The molecule has 0 saturated carbocycles. The monoisotopic (exact) mass is 97.0 g/mol. The molecule has 0 aromatic heterocycles. The number of hydrogen-bond acceptors (Lipinski definition) is 1. The summed E-state index contributed by atoms with van der Waals surface area (Å²) in [6, 6.07) is 1.79. The normalized spacial score (nSPS) is 36.6. The van der Waals surface area contributed by atoms with Crippen LogP contribution in [0.2, 0.25) is 0 Å². The third kappa shape index (κ3) is 0.499. The summed E-state index contributed by atoms with van der Waals surface area (Å²) in [6.07, 6.45) is 1.95. The number of allylic oxidation sites excluding steroid dienone is 2. The van der Waals surface area contributed by atoms with E-state index in [-0.39, 0.29) is 0 Å². The zero-order valence-electron chi connectivity index (χ0n) is 3.63. The highest BCUT2D eigenvalue weighted by Gasteiger charge is 2.21. The predicted octanol–water partition coefficient (Wildman–Crippen LogP) is 1.03. The molecule has 0 aromatic carbocycles. The van der Waals surface area contributed by atoms with Crippen LogP contribution in [0.1, 0.15) is 0 Å². The molecule has 2 unspecified atom stereocenters. The Kier molecular flexibility index (Phi) is 0.828. The van der Waals surface area contributed by atoms with E-state index in [4.69, 9.17) is 5.26 Å². The largest absolute Gasteiger partial charge is 0.241 e. The molecule has 0 aromatic rings.